The lowest BCUT2D eigenvalue weighted by Gasteiger charge is -2.33. The van der Waals surface area contributed by atoms with E-state index in [2.05, 4.69) is 47.2 Å². The van der Waals surface area contributed by atoms with Gasteiger partial charge >= 0.3 is 0 Å². The molecule has 4 rings (SSSR count). The van der Waals surface area contributed by atoms with Crippen molar-refractivity contribution < 1.29 is 9.53 Å². The number of nitrogens with one attached hydrogen (secondary N) is 1. The van der Waals surface area contributed by atoms with Crippen LogP contribution in [0.1, 0.15) is 29.8 Å². The van der Waals surface area contributed by atoms with Crippen LogP contribution < -0.4 is 19.9 Å². The molecule has 1 amide bonds. The third-order valence-electron chi connectivity index (χ3n) is 5.66. The van der Waals surface area contributed by atoms with Crippen molar-refractivity contribution in [3.63, 3.8) is 0 Å². The molecule has 166 valence electrons. The van der Waals surface area contributed by atoms with E-state index in [1.165, 1.54) is 25.6 Å². The minimum absolute atomic E-state index is 0.262. The van der Waals surface area contributed by atoms with E-state index in [1.54, 1.807) is 6.07 Å². The van der Waals surface area contributed by atoms with E-state index in [0.29, 0.717) is 24.7 Å². The summed E-state index contributed by atoms with van der Waals surface area (Å²) in [4.78, 5) is 27.6. The van der Waals surface area contributed by atoms with Gasteiger partial charge in [-0.25, -0.2) is 9.97 Å². The van der Waals surface area contributed by atoms with E-state index in [-0.39, 0.29) is 5.91 Å². The first kappa shape index (κ1) is 21.2. The molecule has 2 aliphatic heterocycles. The molecule has 0 bridgehead atoms. The van der Waals surface area contributed by atoms with E-state index in [4.69, 9.17) is 4.74 Å². The maximum absolute atomic E-state index is 12.3. The predicted molar refractivity (Wildman–Crippen MR) is 118 cm³/mol. The van der Waals surface area contributed by atoms with Crippen molar-refractivity contribution in [3.8, 4) is 5.88 Å². The Kier molecular flexibility index (Phi) is 7.08. The molecule has 0 atom stereocenters. The van der Waals surface area contributed by atoms with Crippen LogP contribution in [-0.4, -0.2) is 90.4 Å². The molecule has 0 spiro atoms. The Bertz CT molecular complexity index is 849. The number of likely N-dealkylation sites (N-methyl/N-ethyl adjacent to an activating group) is 1. The molecule has 10 nitrogen and oxygen atoms in total. The highest BCUT2D eigenvalue weighted by molar-refractivity contribution is 5.92. The Morgan fingerprint density at radius 1 is 0.968 bits per heavy atom. The van der Waals surface area contributed by atoms with E-state index >= 15 is 0 Å². The number of aromatic nitrogens is 4. The molecule has 0 radical (unpaired) electrons. The highest BCUT2D eigenvalue weighted by Crippen LogP contribution is 2.18. The quantitative estimate of drug-likeness (QED) is 0.645. The molecule has 0 unspecified atom stereocenters. The molecule has 2 aromatic rings. The minimum Gasteiger partial charge on any atom is -0.476 e. The number of carbonyl (C=O) groups excluding carboxylic acids is 1. The molecule has 4 heterocycles. The molecule has 10 heteroatoms. The highest BCUT2D eigenvalue weighted by atomic mass is 16.5. The summed E-state index contributed by atoms with van der Waals surface area (Å²) < 4.78 is 5.70. The van der Waals surface area contributed by atoms with Crippen LogP contribution in [-0.2, 0) is 0 Å². The summed E-state index contributed by atoms with van der Waals surface area (Å²) >= 11 is 0. The lowest BCUT2D eigenvalue weighted by Crippen LogP contribution is -2.44. The van der Waals surface area contributed by atoms with Gasteiger partial charge in [-0.05, 0) is 38.4 Å². The Labute approximate surface area is 182 Å². The maximum atomic E-state index is 12.3. The van der Waals surface area contributed by atoms with E-state index in [0.717, 1.165) is 50.9 Å². The number of nitrogens with zero attached hydrogens (tertiary/aromatic N) is 7. The van der Waals surface area contributed by atoms with Gasteiger partial charge in [-0.3, -0.25) is 4.79 Å². The number of rotatable bonds is 7. The van der Waals surface area contributed by atoms with Crippen LogP contribution >= 0.6 is 0 Å². The standard InChI is InChI=1S/C21H30N8O2/c1-27-10-12-29(13-11-27)19-15-20(24-16-23-19)31-14-7-22-21(30)17-5-6-18(26-25-17)28-8-3-2-4-9-28/h5-6,15-16H,2-4,7-14H2,1H3,(H,22,30). The summed E-state index contributed by atoms with van der Waals surface area (Å²) in [5.41, 5.74) is 0.306. The molecular weight excluding hydrogens is 396 g/mol. The zero-order valence-electron chi connectivity index (χ0n) is 18.0. The van der Waals surface area contributed by atoms with Crippen LogP contribution in [0.3, 0.4) is 0 Å². The van der Waals surface area contributed by atoms with Crippen molar-refractivity contribution in [3.05, 3.63) is 30.2 Å². The molecule has 0 aromatic carbocycles. The molecule has 0 saturated carbocycles. The van der Waals surface area contributed by atoms with Gasteiger partial charge < -0.3 is 24.8 Å². The number of carbonyl (C=O) groups is 1. The number of anilines is 2. The zero-order chi connectivity index (χ0) is 21.5. The van der Waals surface area contributed by atoms with Gasteiger partial charge in [0.1, 0.15) is 18.8 Å². The maximum Gasteiger partial charge on any atom is 0.271 e. The Morgan fingerprint density at radius 2 is 1.74 bits per heavy atom. The third kappa shape index (κ3) is 5.78. The Balaban J connectivity index is 1.21. The van der Waals surface area contributed by atoms with Crippen LogP contribution in [0, 0.1) is 0 Å². The summed E-state index contributed by atoms with van der Waals surface area (Å²) in [6.45, 7) is 6.53. The summed E-state index contributed by atoms with van der Waals surface area (Å²) in [7, 11) is 2.12. The topological polar surface area (TPSA) is 99.6 Å². The first-order chi connectivity index (χ1) is 15.2. The lowest BCUT2D eigenvalue weighted by molar-refractivity contribution is 0.0940. The van der Waals surface area contributed by atoms with E-state index < -0.39 is 0 Å². The van der Waals surface area contributed by atoms with Crippen LogP contribution in [0.25, 0.3) is 0 Å². The van der Waals surface area contributed by atoms with Crippen molar-refractivity contribution in [1.29, 1.82) is 0 Å². The van der Waals surface area contributed by atoms with Crippen LogP contribution in [0.5, 0.6) is 5.88 Å². The fourth-order valence-electron chi connectivity index (χ4n) is 3.77. The van der Waals surface area contributed by atoms with Crippen molar-refractivity contribution in [1.82, 2.24) is 30.4 Å². The van der Waals surface area contributed by atoms with Crippen molar-refractivity contribution in [2.24, 2.45) is 0 Å². The third-order valence-corrected chi connectivity index (χ3v) is 5.66. The highest BCUT2D eigenvalue weighted by Gasteiger charge is 2.16. The normalized spacial score (nSPS) is 17.5. The Morgan fingerprint density at radius 3 is 2.48 bits per heavy atom. The van der Waals surface area contributed by atoms with Gasteiger partial charge in [-0.15, -0.1) is 10.2 Å². The molecule has 2 aromatic heterocycles. The molecular formula is C21H30N8O2. The smallest absolute Gasteiger partial charge is 0.271 e. The predicted octanol–water partition coefficient (Wildman–Crippen LogP) is 0.818. The van der Waals surface area contributed by atoms with Gasteiger partial charge in [0.15, 0.2) is 11.5 Å². The summed E-state index contributed by atoms with van der Waals surface area (Å²) in [6.07, 6.45) is 5.12. The molecule has 1 N–H and O–H groups in total. The van der Waals surface area contributed by atoms with Crippen LogP contribution in [0.4, 0.5) is 11.6 Å². The second-order valence-electron chi connectivity index (χ2n) is 7.93. The van der Waals surface area contributed by atoms with Gasteiger partial charge in [0.05, 0.1) is 6.54 Å². The second-order valence-corrected chi connectivity index (χ2v) is 7.93. The molecule has 0 aliphatic carbocycles. The summed E-state index contributed by atoms with van der Waals surface area (Å²) in [5.74, 6) is 1.94. The minimum atomic E-state index is -0.262. The molecule has 31 heavy (non-hydrogen) atoms. The zero-order valence-corrected chi connectivity index (χ0v) is 18.0. The second kappa shape index (κ2) is 10.3. The van der Waals surface area contributed by atoms with Crippen LogP contribution in [0.15, 0.2) is 24.5 Å². The van der Waals surface area contributed by atoms with Crippen molar-refractivity contribution in [2.75, 3.05) is 69.3 Å². The molecule has 2 aliphatic rings. The van der Waals surface area contributed by atoms with Gasteiger partial charge in [0, 0.05) is 45.3 Å². The number of ether oxygens (including phenoxy) is 1. The van der Waals surface area contributed by atoms with Crippen LogP contribution in [0.2, 0.25) is 0 Å². The largest absolute Gasteiger partial charge is 0.476 e. The monoisotopic (exact) mass is 426 g/mol. The fraction of sp³-hybridized carbons (Fsp3) is 0.571. The summed E-state index contributed by atoms with van der Waals surface area (Å²) in [5, 5.41) is 11.1. The van der Waals surface area contributed by atoms with Gasteiger partial charge in [0.25, 0.3) is 5.91 Å². The van der Waals surface area contributed by atoms with Gasteiger partial charge in [-0.2, -0.15) is 0 Å². The average Bonchev–Trinajstić information content (AvgIpc) is 2.83. The number of amides is 1. The number of hydrogen-bond donors (Lipinski definition) is 1. The average molecular weight is 427 g/mol. The number of piperazine rings is 1. The van der Waals surface area contributed by atoms with Gasteiger partial charge in [-0.1, -0.05) is 0 Å². The van der Waals surface area contributed by atoms with Crippen molar-refractivity contribution >= 4 is 17.5 Å². The lowest BCUT2D eigenvalue weighted by atomic mass is 10.1. The SMILES string of the molecule is CN1CCN(c2cc(OCCNC(=O)c3ccc(N4CCCCC4)nn3)ncn2)CC1. The van der Waals surface area contributed by atoms with Crippen molar-refractivity contribution in [2.45, 2.75) is 19.3 Å². The Hall–Kier alpha value is -3.01. The fourth-order valence-corrected chi connectivity index (χ4v) is 3.77. The van der Waals surface area contributed by atoms with E-state index in [1.807, 2.05) is 12.1 Å². The molecule has 2 saturated heterocycles. The summed E-state index contributed by atoms with van der Waals surface area (Å²) in [6, 6.07) is 5.43. The number of piperidine rings is 1. The molecule has 2 fully saturated rings. The first-order valence-corrected chi connectivity index (χ1v) is 10.9. The van der Waals surface area contributed by atoms with E-state index in [9.17, 15) is 4.79 Å². The first-order valence-electron chi connectivity index (χ1n) is 10.9. The number of hydrogen-bond acceptors (Lipinski definition) is 9. The van der Waals surface area contributed by atoms with Gasteiger partial charge in [0.2, 0.25) is 5.88 Å².